The molecule has 0 radical (unpaired) electrons. The Morgan fingerprint density at radius 3 is 1.61 bits per heavy atom. The summed E-state index contributed by atoms with van der Waals surface area (Å²) in [4.78, 5) is 0. The Bertz CT molecular complexity index is 1200. The standard InChI is InChI=1S/C31H35O3PSi/c1-33-25-34-31(26-16-8-4-9-17-26)30(36(2,3)29-22-14-7-15-23-29)24-35(32,27-18-10-5-11-19-27)28-20-12-6-13-21-28/h4-23,30-31H,24-25H2,1-3H3/t30-,31+/m0/s1. The van der Waals surface area contributed by atoms with Crippen molar-refractivity contribution in [2.24, 2.45) is 0 Å². The third-order valence-electron chi connectivity index (χ3n) is 7.10. The van der Waals surface area contributed by atoms with Gasteiger partial charge in [0.15, 0.2) is 0 Å². The van der Waals surface area contributed by atoms with Crippen LogP contribution in [-0.2, 0) is 14.0 Å². The Kier molecular flexibility index (Phi) is 8.76. The Balaban J connectivity index is 1.90. The minimum atomic E-state index is -2.99. The molecule has 186 valence electrons. The van der Waals surface area contributed by atoms with Crippen LogP contribution in [0.25, 0.3) is 0 Å². The Morgan fingerprint density at radius 2 is 1.14 bits per heavy atom. The summed E-state index contributed by atoms with van der Waals surface area (Å²) in [6.07, 6.45) is 0.257. The van der Waals surface area contributed by atoms with Crippen LogP contribution < -0.4 is 15.8 Å². The summed E-state index contributed by atoms with van der Waals surface area (Å²) in [7, 11) is -3.57. The second kappa shape index (κ2) is 12.0. The topological polar surface area (TPSA) is 35.5 Å². The monoisotopic (exact) mass is 514 g/mol. The molecule has 0 bridgehead atoms. The molecule has 4 rings (SSSR count). The van der Waals surface area contributed by atoms with E-state index in [1.54, 1.807) is 7.11 Å². The molecule has 0 heterocycles. The molecule has 0 aromatic heterocycles. The van der Waals surface area contributed by atoms with Crippen LogP contribution in [0.4, 0.5) is 0 Å². The van der Waals surface area contributed by atoms with Gasteiger partial charge < -0.3 is 14.0 Å². The van der Waals surface area contributed by atoms with Gasteiger partial charge in [0.05, 0.1) is 14.2 Å². The van der Waals surface area contributed by atoms with Crippen LogP contribution in [0.2, 0.25) is 18.6 Å². The number of hydrogen-bond donors (Lipinski definition) is 0. The molecule has 5 heteroatoms. The second-order valence-electron chi connectivity index (χ2n) is 9.69. The first-order chi connectivity index (χ1) is 17.5. The summed E-state index contributed by atoms with van der Waals surface area (Å²) in [5.41, 5.74) is 1.10. The van der Waals surface area contributed by atoms with Gasteiger partial charge in [-0.25, -0.2) is 0 Å². The van der Waals surface area contributed by atoms with Gasteiger partial charge in [0, 0.05) is 23.9 Å². The fourth-order valence-electron chi connectivity index (χ4n) is 4.99. The van der Waals surface area contributed by atoms with Crippen molar-refractivity contribution in [3.05, 3.63) is 127 Å². The van der Waals surface area contributed by atoms with Crippen LogP contribution in [0.1, 0.15) is 11.7 Å². The zero-order valence-corrected chi connectivity index (χ0v) is 23.2. The quantitative estimate of drug-likeness (QED) is 0.133. The Labute approximate surface area is 216 Å². The van der Waals surface area contributed by atoms with E-state index in [0.29, 0.717) is 6.16 Å². The van der Waals surface area contributed by atoms with E-state index >= 15 is 4.57 Å². The van der Waals surface area contributed by atoms with Gasteiger partial charge in [-0.05, 0) is 11.1 Å². The molecule has 4 aromatic rings. The van der Waals surface area contributed by atoms with Crippen molar-refractivity contribution >= 4 is 31.0 Å². The van der Waals surface area contributed by atoms with E-state index in [9.17, 15) is 0 Å². The lowest BCUT2D eigenvalue weighted by Crippen LogP contribution is -2.50. The van der Waals surface area contributed by atoms with Crippen molar-refractivity contribution in [3.8, 4) is 0 Å². The molecule has 2 atom stereocenters. The van der Waals surface area contributed by atoms with Crippen LogP contribution in [0.5, 0.6) is 0 Å². The van der Waals surface area contributed by atoms with Gasteiger partial charge in [-0.15, -0.1) is 0 Å². The molecule has 0 aliphatic heterocycles. The zero-order valence-electron chi connectivity index (χ0n) is 21.3. The lowest BCUT2D eigenvalue weighted by Gasteiger charge is -2.40. The molecule has 4 aromatic carbocycles. The average Bonchev–Trinajstić information content (AvgIpc) is 2.94. The van der Waals surface area contributed by atoms with Crippen LogP contribution in [0.3, 0.4) is 0 Å². The van der Waals surface area contributed by atoms with E-state index in [1.165, 1.54) is 5.19 Å². The molecule has 0 aliphatic carbocycles. The first-order valence-electron chi connectivity index (χ1n) is 12.4. The summed E-state index contributed by atoms with van der Waals surface area (Å²) in [5.74, 6) is 0. The molecule has 0 unspecified atom stereocenters. The molecule has 0 fully saturated rings. The van der Waals surface area contributed by atoms with E-state index in [4.69, 9.17) is 9.47 Å². The van der Waals surface area contributed by atoms with E-state index < -0.39 is 15.2 Å². The van der Waals surface area contributed by atoms with Crippen LogP contribution in [0, 0.1) is 0 Å². The first kappa shape index (κ1) is 26.3. The average molecular weight is 515 g/mol. The molecule has 0 saturated heterocycles. The maximum absolute atomic E-state index is 15.2. The van der Waals surface area contributed by atoms with Crippen molar-refractivity contribution in [2.45, 2.75) is 24.7 Å². The number of rotatable bonds is 11. The molecule has 0 aliphatic rings. The van der Waals surface area contributed by atoms with Crippen molar-refractivity contribution in [3.63, 3.8) is 0 Å². The highest BCUT2D eigenvalue weighted by molar-refractivity contribution is 7.78. The summed E-state index contributed by atoms with van der Waals surface area (Å²) < 4.78 is 27.1. The largest absolute Gasteiger partial charge is 0.359 e. The third-order valence-corrected chi connectivity index (χ3v) is 14.8. The summed E-state index contributed by atoms with van der Waals surface area (Å²) in [6, 6.07) is 40.9. The predicted molar refractivity (Wildman–Crippen MR) is 154 cm³/mol. The van der Waals surface area contributed by atoms with E-state index in [2.05, 4.69) is 55.6 Å². The molecule has 3 nitrogen and oxygen atoms in total. The highest BCUT2D eigenvalue weighted by Crippen LogP contribution is 2.52. The van der Waals surface area contributed by atoms with Crippen LogP contribution in [-0.4, -0.2) is 28.1 Å². The van der Waals surface area contributed by atoms with Crippen LogP contribution in [0.15, 0.2) is 121 Å². The number of methoxy groups -OCH3 is 1. The minimum absolute atomic E-state index is 0.0173. The maximum Gasteiger partial charge on any atom is 0.147 e. The van der Waals surface area contributed by atoms with Crippen molar-refractivity contribution < 1.29 is 14.0 Å². The number of ether oxygens (including phenoxy) is 2. The molecule has 0 saturated carbocycles. The van der Waals surface area contributed by atoms with E-state index in [1.807, 2.05) is 78.9 Å². The van der Waals surface area contributed by atoms with Gasteiger partial charge in [0.1, 0.15) is 13.9 Å². The highest BCUT2D eigenvalue weighted by Gasteiger charge is 2.45. The van der Waals surface area contributed by atoms with Crippen molar-refractivity contribution in [2.75, 3.05) is 20.1 Å². The molecular formula is C31H35O3PSi. The smallest absolute Gasteiger partial charge is 0.147 e. The van der Waals surface area contributed by atoms with Gasteiger partial charge in [0.2, 0.25) is 0 Å². The zero-order chi connectivity index (χ0) is 25.4. The van der Waals surface area contributed by atoms with Crippen molar-refractivity contribution in [1.82, 2.24) is 0 Å². The van der Waals surface area contributed by atoms with Gasteiger partial charge in [-0.2, -0.15) is 0 Å². The summed E-state index contributed by atoms with van der Waals surface area (Å²) in [5, 5.41) is 3.10. The lowest BCUT2D eigenvalue weighted by molar-refractivity contribution is -0.0744. The molecule has 0 amide bonds. The van der Waals surface area contributed by atoms with Gasteiger partial charge in [-0.3, -0.25) is 0 Å². The molecule has 0 spiro atoms. The van der Waals surface area contributed by atoms with Crippen molar-refractivity contribution in [1.29, 1.82) is 0 Å². The van der Waals surface area contributed by atoms with E-state index in [0.717, 1.165) is 16.2 Å². The normalized spacial score (nSPS) is 13.8. The highest BCUT2D eigenvalue weighted by atomic mass is 31.2. The molecular weight excluding hydrogens is 479 g/mol. The Morgan fingerprint density at radius 1 is 0.694 bits per heavy atom. The van der Waals surface area contributed by atoms with Gasteiger partial charge in [0.25, 0.3) is 0 Å². The molecule has 36 heavy (non-hydrogen) atoms. The number of benzene rings is 4. The fraction of sp³-hybridized carbons (Fsp3) is 0.226. The van der Waals surface area contributed by atoms with Gasteiger partial charge >= 0.3 is 0 Å². The second-order valence-corrected chi connectivity index (χ2v) is 17.3. The summed E-state index contributed by atoms with van der Waals surface area (Å²) in [6.45, 7) is 4.93. The van der Waals surface area contributed by atoms with Gasteiger partial charge in [-0.1, -0.05) is 140 Å². The van der Waals surface area contributed by atoms with E-state index in [-0.39, 0.29) is 18.4 Å². The lowest BCUT2D eigenvalue weighted by atomic mass is 10.1. The fourth-order valence-corrected chi connectivity index (χ4v) is 12.9. The molecule has 0 N–H and O–H groups in total. The Hall–Kier alpha value is -2.75. The van der Waals surface area contributed by atoms with Crippen LogP contribution >= 0.6 is 7.14 Å². The SMILES string of the molecule is COCO[C@H](c1ccccc1)[C@H](CP(=O)(c1ccccc1)c1ccccc1)[Si](C)(C)c1ccccc1. The third kappa shape index (κ3) is 5.79. The summed E-state index contributed by atoms with van der Waals surface area (Å²) >= 11 is 0. The number of hydrogen-bond acceptors (Lipinski definition) is 3. The minimum Gasteiger partial charge on any atom is -0.359 e. The first-order valence-corrected chi connectivity index (χ1v) is 17.3. The maximum atomic E-state index is 15.2. The predicted octanol–water partition coefficient (Wildman–Crippen LogP) is 6.35.